The molecular weight excluding hydrogens is 264 g/mol. The predicted molar refractivity (Wildman–Crippen MR) is 79.9 cm³/mol. The largest absolute Gasteiger partial charge is 0.392 e. The Morgan fingerprint density at radius 3 is 2.72 bits per heavy atom. The maximum absolute atomic E-state index is 12.3. The maximum Gasteiger partial charge on any atom is 0.237 e. The number of rotatable bonds is 4. The Kier molecular flexibility index (Phi) is 3.92. The van der Waals surface area contributed by atoms with E-state index in [0.717, 1.165) is 29.8 Å². The van der Waals surface area contributed by atoms with Gasteiger partial charge >= 0.3 is 0 Å². The van der Waals surface area contributed by atoms with E-state index in [1.807, 2.05) is 30.5 Å². The quantitative estimate of drug-likeness (QED) is 0.658. The number of hydrogen-bond donors (Lipinski definition) is 2. The molecule has 1 aliphatic carbocycles. The average molecular weight is 280 g/mol. The van der Waals surface area contributed by atoms with Gasteiger partial charge in [0.25, 0.3) is 0 Å². The normalized spacial score (nSPS) is 16.7. The molecule has 96 valence electrons. The fraction of sp³-hybridized carbons (Fsp3) is 0.385. The number of benzene rings is 1. The van der Waals surface area contributed by atoms with Crippen molar-refractivity contribution in [2.24, 2.45) is 11.1 Å². The second-order valence-electron chi connectivity index (χ2n) is 4.49. The van der Waals surface area contributed by atoms with E-state index >= 15 is 0 Å². The van der Waals surface area contributed by atoms with Crippen LogP contribution in [0.25, 0.3) is 0 Å². The smallest absolute Gasteiger partial charge is 0.237 e. The van der Waals surface area contributed by atoms with Crippen LogP contribution in [0.1, 0.15) is 19.3 Å². The molecule has 2 rings (SSSR count). The lowest BCUT2D eigenvalue weighted by Crippen LogP contribution is -2.50. The van der Waals surface area contributed by atoms with Crippen LogP contribution >= 0.6 is 24.0 Å². The minimum absolute atomic E-state index is 0.0699. The summed E-state index contributed by atoms with van der Waals surface area (Å²) in [6.45, 7) is 0. The van der Waals surface area contributed by atoms with E-state index in [1.54, 1.807) is 11.8 Å². The van der Waals surface area contributed by atoms with Crippen molar-refractivity contribution < 1.29 is 4.79 Å². The van der Waals surface area contributed by atoms with Gasteiger partial charge in [0.05, 0.1) is 10.4 Å². The van der Waals surface area contributed by atoms with Gasteiger partial charge in [0, 0.05) is 10.6 Å². The van der Waals surface area contributed by atoms with Crippen LogP contribution in [0, 0.1) is 5.41 Å². The molecule has 0 spiro atoms. The molecule has 0 aliphatic heterocycles. The monoisotopic (exact) mass is 280 g/mol. The van der Waals surface area contributed by atoms with Crippen LogP contribution in [0.2, 0.25) is 0 Å². The Hall–Kier alpha value is -1.07. The third-order valence-corrected chi connectivity index (χ3v) is 4.56. The number of hydrogen-bond acceptors (Lipinski definition) is 3. The zero-order chi connectivity index (χ0) is 13.2. The summed E-state index contributed by atoms with van der Waals surface area (Å²) in [5.74, 6) is -0.0699. The van der Waals surface area contributed by atoms with Crippen LogP contribution in [0.3, 0.4) is 0 Å². The van der Waals surface area contributed by atoms with Crippen molar-refractivity contribution in [3.05, 3.63) is 24.3 Å². The van der Waals surface area contributed by atoms with Gasteiger partial charge in [-0.3, -0.25) is 4.79 Å². The van der Waals surface area contributed by atoms with Gasteiger partial charge in [-0.05, 0) is 37.3 Å². The SMILES string of the molecule is CSc1cccc(NC(=O)C2(C(N)=S)CCC2)c1. The molecule has 0 radical (unpaired) electrons. The van der Waals surface area contributed by atoms with Gasteiger partial charge in [-0.1, -0.05) is 24.7 Å². The number of anilines is 1. The third kappa shape index (κ3) is 2.37. The molecule has 1 amide bonds. The van der Waals surface area contributed by atoms with Crippen LogP contribution in [0.5, 0.6) is 0 Å². The van der Waals surface area contributed by atoms with Crippen LogP contribution in [0.15, 0.2) is 29.2 Å². The van der Waals surface area contributed by atoms with Crippen molar-refractivity contribution in [1.29, 1.82) is 0 Å². The fourth-order valence-electron chi connectivity index (χ4n) is 2.07. The summed E-state index contributed by atoms with van der Waals surface area (Å²) >= 11 is 6.68. The van der Waals surface area contributed by atoms with Gasteiger partial charge in [0.1, 0.15) is 0 Å². The summed E-state index contributed by atoms with van der Waals surface area (Å²) in [4.78, 5) is 13.7. The number of thiocarbonyl (C=S) groups is 1. The van der Waals surface area contributed by atoms with Crippen LogP contribution in [0.4, 0.5) is 5.69 Å². The highest BCUT2D eigenvalue weighted by atomic mass is 32.2. The van der Waals surface area contributed by atoms with E-state index in [4.69, 9.17) is 18.0 Å². The van der Waals surface area contributed by atoms with Gasteiger partial charge in [-0.25, -0.2) is 0 Å². The van der Waals surface area contributed by atoms with Gasteiger partial charge in [-0.2, -0.15) is 0 Å². The summed E-state index contributed by atoms with van der Waals surface area (Å²) in [7, 11) is 0. The van der Waals surface area contributed by atoms with Gasteiger partial charge in [0.15, 0.2) is 0 Å². The Balaban J connectivity index is 2.13. The molecule has 1 aliphatic rings. The van der Waals surface area contributed by atoms with Gasteiger partial charge < -0.3 is 11.1 Å². The molecule has 0 heterocycles. The van der Waals surface area contributed by atoms with Gasteiger partial charge in [-0.15, -0.1) is 11.8 Å². The van der Waals surface area contributed by atoms with Crippen molar-refractivity contribution in [1.82, 2.24) is 0 Å². The Morgan fingerprint density at radius 1 is 1.50 bits per heavy atom. The lowest BCUT2D eigenvalue weighted by Gasteiger charge is -2.39. The number of thioether (sulfide) groups is 1. The minimum atomic E-state index is -0.620. The van der Waals surface area contributed by atoms with E-state index in [0.29, 0.717) is 4.99 Å². The molecule has 0 atom stereocenters. The molecule has 18 heavy (non-hydrogen) atoms. The first-order valence-corrected chi connectivity index (χ1v) is 7.47. The average Bonchev–Trinajstić information content (AvgIpc) is 2.27. The van der Waals surface area contributed by atoms with Crippen molar-refractivity contribution >= 4 is 40.6 Å². The highest BCUT2D eigenvalue weighted by molar-refractivity contribution is 7.98. The van der Waals surface area contributed by atoms with Crippen LogP contribution < -0.4 is 11.1 Å². The lowest BCUT2D eigenvalue weighted by molar-refractivity contribution is -0.125. The first kappa shape index (κ1) is 13.4. The van der Waals surface area contributed by atoms with E-state index < -0.39 is 5.41 Å². The molecule has 1 fully saturated rings. The molecule has 5 heteroatoms. The molecule has 0 unspecified atom stereocenters. The second-order valence-corrected chi connectivity index (χ2v) is 5.81. The summed E-state index contributed by atoms with van der Waals surface area (Å²) in [6, 6.07) is 7.76. The second kappa shape index (κ2) is 5.28. The molecule has 3 nitrogen and oxygen atoms in total. The number of amides is 1. The van der Waals surface area contributed by atoms with Crippen molar-refractivity contribution in [3.8, 4) is 0 Å². The van der Waals surface area contributed by atoms with Crippen molar-refractivity contribution in [3.63, 3.8) is 0 Å². The molecule has 1 saturated carbocycles. The topological polar surface area (TPSA) is 55.1 Å². The molecule has 0 bridgehead atoms. The number of carbonyl (C=O) groups excluding carboxylic acids is 1. The zero-order valence-corrected chi connectivity index (χ0v) is 11.9. The lowest BCUT2D eigenvalue weighted by atomic mass is 9.68. The minimum Gasteiger partial charge on any atom is -0.392 e. The first-order valence-electron chi connectivity index (χ1n) is 5.84. The summed E-state index contributed by atoms with van der Waals surface area (Å²) in [6.07, 6.45) is 4.53. The van der Waals surface area contributed by atoms with E-state index in [1.165, 1.54) is 0 Å². The third-order valence-electron chi connectivity index (χ3n) is 3.44. The highest BCUT2D eigenvalue weighted by Gasteiger charge is 2.46. The van der Waals surface area contributed by atoms with Crippen molar-refractivity contribution in [2.45, 2.75) is 24.2 Å². The maximum atomic E-state index is 12.3. The molecule has 3 N–H and O–H groups in total. The van der Waals surface area contributed by atoms with Crippen LogP contribution in [-0.2, 0) is 4.79 Å². The fourth-order valence-corrected chi connectivity index (χ4v) is 2.82. The van der Waals surface area contributed by atoms with Crippen molar-refractivity contribution in [2.75, 3.05) is 11.6 Å². The predicted octanol–water partition coefficient (Wildman–Crippen LogP) is 2.80. The highest BCUT2D eigenvalue weighted by Crippen LogP contribution is 2.42. The summed E-state index contributed by atoms with van der Waals surface area (Å²) in [5, 5.41) is 2.92. The standard InChI is InChI=1S/C13H16N2OS2/c1-18-10-5-2-4-9(8-10)15-12(16)13(11(14)17)6-3-7-13/h2,4-5,8H,3,6-7H2,1H3,(H2,14,17)(H,15,16). The Bertz CT molecular complexity index is 484. The van der Waals surface area contributed by atoms with E-state index in [2.05, 4.69) is 5.32 Å². The number of nitrogens with two attached hydrogens (primary N) is 1. The summed E-state index contributed by atoms with van der Waals surface area (Å²) < 4.78 is 0. The number of nitrogens with one attached hydrogen (secondary N) is 1. The van der Waals surface area contributed by atoms with Gasteiger partial charge in [0.2, 0.25) is 5.91 Å². The molecule has 0 aromatic heterocycles. The zero-order valence-electron chi connectivity index (χ0n) is 10.2. The summed E-state index contributed by atoms with van der Waals surface area (Å²) in [5.41, 5.74) is 5.89. The molecule has 0 saturated heterocycles. The Labute approximate surface area is 117 Å². The Morgan fingerprint density at radius 2 is 2.22 bits per heavy atom. The first-order chi connectivity index (χ1) is 8.58. The van der Waals surface area contributed by atoms with E-state index in [-0.39, 0.29) is 5.91 Å². The molecule has 1 aromatic carbocycles. The van der Waals surface area contributed by atoms with Crippen LogP contribution in [-0.4, -0.2) is 17.2 Å². The van der Waals surface area contributed by atoms with E-state index in [9.17, 15) is 4.79 Å². The molecular formula is C13H16N2OS2. The molecule has 1 aromatic rings. The number of carbonyl (C=O) groups is 1.